The highest BCUT2D eigenvalue weighted by atomic mass is 19.1. The van der Waals surface area contributed by atoms with Gasteiger partial charge in [0, 0.05) is 32.7 Å². The van der Waals surface area contributed by atoms with Crippen LogP contribution in [0, 0.1) is 5.82 Å². The molecule has 0 atom stereocenters. The van der Waals surface area contributed by atoms with Gasteiger partial charge in [-0.05, 0) is 37.5 Å². The minimum Gasteiger partial charge on any atom is -0.361 e. The highest BCUT2D eigenvalue weighted by Crippen LogP contribution is 2.25. The molecule has 7 heteroatoms. The molecule has 1 aromatic heterocycles. The number of anilines is 3. The van der Waals surface area contributed by atoms with E-state index < -0.39 is 11.7 Å². The fourth-order valence-corrected chi connectivity index (χ4v) is 2.86. The molecule has 0 bridgehead atoms. The Kier molecular flexibility index (Phi) is 5.11. The average molecular weight is 343 g/mol. The molecule has 1 saturated heterocycles. The van der Waals surface area contributed by atoms with Gasteiger partial charge in [-0.25, -0.2) is 9.37 Å². The quantitative estimate of drug-likeness (QED) is 0.925. The topological polar surface area (TPSA) is 61.4 Å². The van der Waals surface area contributed by atoms with Gasteiger partial charge in [0.25, 0.3) is 5.91 Å². The molecular weight excluding hydrogens is 321 g/mol. The third-order valence-electron chi connectivity index (χ3n) is 4.15. The van der Waals surface area contributed by atoms with E-state index >= 15 is 0 Å². The number of benzene rings is 1. The second-order valence-corrected chi connectivity index (χ2v) is 6.31. The Morgan fingerprint density at radius 3 is 2.68 bits per heavy atom. The summed E-state index contributed by atoms with van der Waals surface area (Å²) in [6.45, 7) is 1.89. The van der Waals surface area contributed by atoms with Gasteiger partial charge >= 0.3 is 0 Å². The van der Waals surface area contributed by atoms with Crippen molar-refractivity contribution in [3.05, 3.63) is 41.8 Å². The second-order valence-electron chi connectivity index (χ2n) is 6.31. The molecule has 1 aliphatic rings. The number of rotatable bonds is 4. The fraction of sp³-hybridized carbons (Fsp3) is 0.389. The third kappa shape index (κ3) is 4.04. The van der Waals surface area contributed by atoms with Crippen LogP contribution < -0.4 is 15.1 Å². The molecule has 0 unspecified atom stereocenters. The van der Waals surface area contributed by atoms with Crippen LogP contribution in [0.3, 0.4) is 0 Å². The number of halogens is 1. The summed E-state index contributed by atoms with van der Waals surface area (Å²) < 4.78 is 13.3. The number of aromatic nitrogens is 2. The Morgan fingerprint density at radius 2 is 2.00 bits per heavy atom. The van der Waals surface area contributed by atoms with Crippen LogP contribution in [0.15, 0.2) is 30.5 Å². The standard InChI is InChI=1S/C18H22FN5O/c1-23(2)16-15(21-17(25)13-7-6-8-14(19)11-13)12-20-18(22-16)24-9-4-3-5-10-24/h6-8,11-12H,3-5,9-10H2,1-2H3,(H,21,25). The van der Waals surface area contributed by atoms with Crippen molar-refractivity contribution in [2.45, 2.75) is 19.3 Å². The van der Waals surface area contributed by atoms with Crippen LogP contribution in [0.25, 0.3) is 0 Å². The summed E-state index contributed by atoms with van der Waals surface area (Å²) in [6, 6.07) is 5.58. The summed E-state index contributed by atoms with van der Waals surface area (Å²) in [5.74, 6) is 0.460. The van der Waals surface area contributed by atoms with Gasteiger partial charge in [0.1, 0.15) is 11.5 Å². The van der Waals surface area contributed by atoms with Gasteiger partial charge in [0.05, 0.1) is 6.20 Å². The van der Waals surface area contributed by atoms with Crippen LogP contribution in [0.1, 0.15) is 29.6 Å². The summed E-state index contributed by atoms with van der Waals surface area (Å²) in [5.41, 5.74) is 0.754. The molecule has 0 saturated carbocycles. The lowest BCUT2D eigenvalue weighted by Gasteiger charge is -2.28. The maximum Gasteiger partial charge on any atom is 0.255 e. The van der Waals surface area contributed by atoms with E-state index in [1.54, 1.807) is 12.3 Å². The molecule has 0 radical (unpaired) electrons. The molecule has 0 aliphatic carbocycles. The van der Waals surface area contributed by atoms with Crippen molar-refractivity contribution in [1.29, 1.82) is 0 Å². The first-order valence-corrected chi connectivity index (χ1v) is 8.41. The van der Waals surface area contributed by atoms with Crippen molar-refractivity contribution in [1.82, 2.24) is 9.97 Å². The van der Waals surface area contributed by atoms with E-state index in [2.05, 4.69) is 20.2 Å². The van der Waals surface area contributed by atoms with Crippen LogP contribution in [0.5, 0.6) is 0 Å². The predicted molar refractivity (Wildman–Crippen MR) is 96.8 cm³/mol. The first kappa shape index (κ1) is 17.1. The predicted octanol–water partition coefficient (Wildman–Crippen LogP) is 2.92. The summed E-state index contributed by atoms with van der Waals surface area (Å²) >= 11 is 0. The number of nitrogens with one attached hydrogen (secondary N) is 1. The lowest BCUT2D eigenvalue weighted by molar-refractivity contribution is 0.102. The minimum absolute atomic E-state index is 0.254. The minimum atomic E-state index is -0.447. The Morgan fingerprint density at radius 1 is 1.24 bits per heavy atom. The molecule has 2 aromatic rings. The van der Waals surface area contributed by atoms with Crippen LogP contribution in [-0.4, -0.2) is 43.1 Å². The van der Waals surface area contributed by atoms with E-state index in [0.717, 1.165) is 25.9 Å². The van der Waals surface area contributed by atoms with E-state index in [1.807, 2.05) is 19.0 Å². The second kappa shape index (κ2) is 7.46. The van der Waals surface area contributed by atoms with E-state index in [0.29, 0.717) is 17.5 Å². The third-order valence-corrected chi connectivity index (χ3v) is 4.15. The maximum atomic E-state index is 13.3. The van der Waals surface area contributed by atoms with E-state index in [1.165, 1.54) is 24.6 Å². The Labute approximate surface area is 146 Å². The first-order valence-electron chi connectivity index (χ1n) is 8.41. The van der Waals surface area contributed by atoms with E-state index in [9.17, 15) is 9.18 Å². The zero-order chi connectivity index (χ0) is 17.8. The molecule has 6 nitrogen and oxygen atoms in total. The SMILES string of the molecule is CN(C)c1nc(N2CCCCC2)ncc1NC(=O)c1cccc(F)c1. The highest BCUT2D eigenvalue weighted by Gasteiger charge is 2.18. The molecule has 0 spiro atoms. The van der Waals surface area contributed by atoms with Crippen LogP contribution >= 0.6 is 0 Å². The number of carbonyl (C=O) groups excluding carboxylic acids is 1. The van der Waals surface area contributed by atoms with Gasteiger partial charge in [-0.3, -0.25) is 4.79 Å². The Bertz CT molecular complexity index is 759. The zero-order valence-electron chi connectivity index (χ0n) is 14.5. The molecule has 2 heterocycles. The Hall–Kier alpha value is -2.70. The normalized spacial score (nSPS) is 14.3. The number of hydrogen-bond acceptors (Lipinski definition) is 5. The average Bonchev–Trinajstić information content (AvgIpc) is 2.62. The van der Waals surface area contributed by atoms with Crippen molar-refractivity contribution in [2.75, 3.05) is 42.3 Å². The Balaban J connectivity index is 1.84. The number of piperidine rings is 1. The number of hydrogen-bond donors (Lipinski definition) is 1. The van der Waals surface area contributed by atoms with Crippen LogP contribution in [-0.2, 0) is 0 Å². The van der Waals surface area contributed by atoms with E-state index in [-0.39, 0.29) is 5.56 Å². The molecule has 132 valence electrons. The van der Waals surface area contributed by atoms with Gasteiger partial charge in [-0.2, -0.15) is 4.98 Å². The van der Waals surface area contributed by atoms with Gasteiger partial charge in [0.2, 0.25) is 5.95 Å². The van der Waals surface area contributed by atoms with Crippen molar-refractivity contribution in [3.8, 4) is 0 Å². The molecule has 1 N–H and O–H groups in total. The first-order chi connectivity index (χ1) is 12.0. The maximum absolute atomic E-state index is 13.3. The number of nitrogens with zero attached hydrogens (tertiary/aromatic N) is 4. The molecule has 1 fully saturated rings. The van der Waals surface area contributed by atoms with Gasteiger partial charge < -0.3 is 15.1 Å². The molecule has 1 aromatic carbocycles. The lowest BCUT2D eigenvalue weighted by atomic mass is 10.1. The van der Waals surface area contributed by atoms with Crippen molar-refractivity contribution in [3.63, 3.8) is 0 Å². The van der Waals surface area contributed by atoms with Crippen LogP contribution in [0.2, 0.25) is 0 Å². The van der Waals surface area contributed by atoms with Gasteiger partial charge in [-0.15, -0.1) is 0 Å². The van der Waals surface area contributed by atoms with Crippen LogP contribution in [0.4, 0.5) is 21.8 Å². The smallest absolute Gasteiger partial charge is 0.255 e. The van der Waals surface area contributed by atoms with Gasteiger partial charge in [-0.1, -0.05) is 6.07 Å². The van der Waals surface area contributed by atoms with Crippen molar-refractivity contribution >= 4 is 23.4 Å². The van der Waals surface area contributed by atoms with Gasteiger partial charge in [0.15, 0.2) is 5.82 Å². The monoisotopic (exact) mass is 343 g/mol. The number of amides is 1. The highest BCUT2D eigenvalue weighted by molar-refractivity contribution is 6.05. The summed E-state index contributed by atoms with van der Waals surface area (Å²) in [5, 5.41) is 2.77. The summed E-state index contributed by atoms with van der Waals surface area (Å²) in [4.78, 5) is 25.4. The molecular formula is C18H22FN5O. The zero-order valence-corrected chi connectivity index (χ0v) is 14.5. The molecule has 25 heavy (non-hydrogen) atoms. The largest absolute Gasteiger partial charge is 0.361 e. The molecule has 1 aliphatic heterocycles. The fourth-order valence-electron chi connectivity index (χ4n) is 2.86. The van der Waals surface area contributed by atoms with Crippen molar-refractivity contribution < 1.29 is 9.18 Å². The molecule has 1 amide bonds. The molecule has 3 rings (SSSR count). The number of carbonyl (C=O) groups is 1. The summed E-state index contributed by atoms with van der Waals surface area (Å²) in [7, 11) is 3.72. The van der Waals surface area contributed by atoms with Crippen molar-refractivity contribution in [2.24, 2.45) is 0 Å². The lowest BCUT2D eigenvalue weighted by Crippen LogP contribution is -2.31. The van der Waals surface area contributed by atoms with E-state index in [4.69, 9.17) is 0 Å². The summed E-state index contributed by atoms with van der Waals surface area (Å²) in [6.07, 6.45) is 5.12.